The quantitative estimate of drug-likeness (QED) is 0.599. The zero-order valence-corrected chi connectivity index (χ0v) is 11.6. The van der Waals surface area contributed by atoms with Crippen LogP contribution in [0.2, 0.25) is 0 Å². The summed E-state index contributed by atoms with van der Waals surface area (Å²) in [5.74, 6) is -0.0625. The van der Waals surface area contributed by atoms with Gasteiger partial charge in [0.2, 0.25) is 11.8 Å². The second kappa shape index (κ2) is 10.1. The fraction of sp³-hybridized carbons (Fsp3) is 0.833. The van der Waals surface area contributed by atoms with Crippen LogP contribution in [0.15, 0.2) is 0 Å². The van der Waals surface area contributed by atoms with E-state index in [0.29, 0.717) is 13.0 Å². The van der Waals surface area contributed by atoms with E-state index in [1.807, 2.05) is 0 Å². The first-order chi connectivity index (χ1) is 8.24. The van der Waals surface area contributed by atoms with Crippen LogP contribution in [-0.4, -0.2) is 30.9 Å². The van der Waals surface area contributed by atoms with Crippen LogP contribution in [0.25, 0.3) is 0 Å². The predicted molar refractivity (Wildman–Crippen MR) is 73.6 cm³/mol. The minimum atomic E-state index is -0.319. The Morgan fingerprint density at radius 1 is 1.33 bits per heavy atom. The molecule has 1 unspecified atom stereocenters. The molecule has 1 fully saturated rings. The van der Waals surface area contributed by atoms with E-state index in [1.54, 1.807) is 0 Å². The highest BCUT2D eigenvalue weighted by molar-refractivity contribution is 5.88. The number of nitrogens with one attached hydrogen (secondary N) is 2. The summed E-state index contributed by atoms with van der Waals surface area (Å²) in [6.07, 6.45) is 6.20. The predicted octanol–water partition coefficient (Wildman–Crippen LogP) is 0.712. The van der Waals surface area contributed by atoms with Gasteiger partial charge in [-0.05, 0) is 32.2 Å². The number of rotatable bonds is 7. The van der Waals surface area contributed by atoms with Gasteiger partial charge < -0.3 is 16.4 Å². The molecule has 5 nitrogen and oxygen atoms in total. The average Bonchev–Trinajstić information content (AvgIpc) is 2.32. The molecule has 1 heterocycles. The number of carbonyl (C=O) groups excluding carboxylic acids is 2. The van der Waals surface area contributed by atoms with Gasteiger partial charge in [-0.25, -0.2) is 0 Å². The van der Waals surface area contributed by atoms with Gasteiger partial charge in [0.25, 0.3) is 0 Å². The Morgan fingerprint density at radius 3 is 2.72 bits per heavy atom. The number of nitrogens with two attached hydrogens (primary N) is 1. The maximum absolute atomic E-state index is 11.6. The molecular weight excluding hydrogens is 254 g/mol. The molecule has 1 rings (SSSR count). The van der Waals surface area contributed by atoms with E-state index >= 15 is 0 Å². The summed E-state index contributed by atoms with van der Waals surface area (Å²) in [5, 5.41) is 5.54. The van der Waals surface area contributed by atoms with E-state index in [4.69, 9.17) is 5.73 Å². The Hall–Kier alpha value is -0.810. The Labute approximate surface area is 115 Å². The molecule has 4 N–H and O–H groups in total. The molecule has 0 bridgehead atoms. The van der Waals surface area contributed by atoms with Crippen molar-refractivity contribution in [2.45, 2.75) is 51.0 Å². The van der Waals surface area contributed by atoms with Crippen molar-refractivity contribution in [3.05, 3.63) is 0 Å². The largest absolute Gasteiger partial charge is 0.354 e. The SMILES string of the molecule is Cl.NCCCCCCC(=O)NC1CCCNC1=O. The monoisotopic (exact) mass is 277 g/mol. The smallest absolute Gasteiger partial charge is 0.242 e. The van der Waals surface area contributed by atoms with Gasteiger partial charge in [-0.15, -0.1) is 12.4 Å². The molecule has 1 atom stereocenters. The highest BCUT2D eigenvalue weighted by atomic mass is 35.5. The van der Waals surface area contributed by atoms with Crippen molar-refractivity contribution in [1.29, 1.82) is 0 Å². The summed E-state index contributed by atoms with van der Waals surface area (Å²) >= 11 is 0. The van der Waals surface area contributed by atoms with Crippen molar-refractivity contribution >= 4 is 24.2 Å². The highest BCUT2D eigenvalue weighted by Crippen LogP contribution is 2.05. The Kier molecular flexibility index (Phi) is 9.69. The number of hydrogen-bond acceptors (Lipinski definition) is 3. The minimum Gasteiger partial charge on any atom is -0.354 e. The molecule has 18 heavy (non-hydrogen) atoms. The Balaban J connectivity index is 0.00000289. The van der Waals surface area contributed by atoms with E-state index in [0.717, 1.165) is 45.1 Å². The summed E-state index contributed by atoms with van der Waals surface area (Å²) in [6.45, 7) is 1.44. The lowest BCUT2D eigenvalue weighted by molar-refractivity contribution is -0.130. The lowest BCUT2D eigenvalue weighted by Gasteiger charge is -2.22. The summed E-state index contributed by atoms with van der Waals surface area (Å²) in [4.78, 5) is 23.0. The summed E-state index contributed by atoms with van der Waals surface area (Å²) in [5.41, 5.74) is 5.39. The van der Waals surface area contributed by atoms with Crippen molar-refractivity contribution in [3.8, 4) is 0 Å². The molecule has 1 saturated heterocycles. The van der Waals surface area contributed by atoms with Gasteiger partial charge in [0.1, 0.15) is 6.04 Å². The van der Waals surface area contributed by atoms with Crippen molar-refractivity contribution < 1.29 is 9.59 Å². The Morgan fingerprint density at radius 2 is 2.06 bits per heavy atom. The highest BCUT2D eigenvalue weighted by Gasteiger charge is 2.22. The molecule has 0 spiro atoms. The third-order valence-corrected chi connectivity index (χ3v) is 2.98. The molecule has 6 heteroatoms. The number of unbranched alkanes of at least 4 members (excludes halogenated alkanes) is 3. The second-order valence-corrected chi connectivity index (χ2v) is 4.51. The lowest BCUT2D eigenvalue weighted by Crippen LogP contribution is -2.50. The fourth-order valence-corrected chi connectivity index (χ4v) is 1.96. The van der Waals surface area contributed by atoms with Gasteiger partial charge in [-0.2, -0.15) is 0 Å². The molecular formula is C12H24ClN3O2. The van der Waals surface area contributed by atoms with Crippen LogP contribution in [-0.2, 0) is 9.59 Å². The van der Waals surface area contributed by atoms with E-state index < -0.39 is 0 Å². The summed E-state index contributed by atoms with van der Waals surface area (Å²) < 4.78 is 0. The molecule has 0 aromatic heterocycles. The van der Waals surface area contributed by atoms with Crippen LogP contribution < -0.4 is 16.4 Å². The number of hydrogen-bond donors (Lipinski definition) is 3. The van der Waals surface area contributed by atoms with Crippen LogP contribution in [0, 0.1) is 0 Å². The maximum atomic E-state index is 11.6. The molecule has 0 radical (unpaired) electrons. The van der Waals surface area contributed by atoms with Gasteiger partial charge in [0.05, 0.1) is 0 Å². The van der Waals surface area contributed by atoms with Crippen LogP contribution in [0.4, 0.5) is 0 Å². The minimum absolute atomic E-state index is 0. The van der Waals surface area contributed by atoms with E-state index in [-0.39, 0.29) is 30.3 Å². The van der Waals surface area contributed by atoms with Crippen molar-refractivity contribution in [2.75, 3.05) is 13.1 Å². The molecule has 1 aliphatic rings. The first kappa shape index (κ1) is 17.2. The topological polar surface area (TPSA) is 84.2 Å². The lowest BCUT2D eigenvalue weighted by atomic mass is 10.1. The Bertz CT molecular complexity index is 262. The summed E-state index contributed by atoms with van der Waals surface area (Å²) in [7, 11) is 0. The maximum Gasteiger partial charge on any atom is 0.242 e. The molecule has 0 aliphatic carbocycles. The molecule has 0 aromatic rings. The number of amides is 2. The first-order valence-corrected chi connectivity index (χ1v) is 6.51. The molecule has 0 aromatic carbocycles. The van der Waals surface area contributed by atoms with Crippen molar-refractivity contribution in [3.63, 3.8) is 0 Å². The van der Waals surface area contributed by atoms with Gasteiger partial charge in [0.15, 0.2) is 0 Å². The fourth-order valence-electron chi connectivity index (χ4n) is 1.96. The van der Waals surface area contributed by atoms with Crippen LogP contribution >= 0.6 is 12.4 Å². The van der Waals surface area contributed by atoms with E-state index in [9.17, 15) is 9.59 Å². The third kappa shape index (κ3) is 6.81. The van der Waals surface area contributed by atoms with Crippen molar-refractivity contribution in [2.24, 2.45) is 5.73 Å². The molecule has 106 valence electrons. The molecule has 0 saturated carbocycles. The zero-order chi connectivity index (χ0) is 12.5. The van der Waals surface area contributed by atoms with E-state index in [1.165, 1.54) is 0 Å². The number of piperidine rings is 1. The van der Waals surface area contributed by atoms with Crippen LogP contribution in [0.3, 0.4) is 0 Å². The number of halogens is 1. The van der Waals surface area contributed by atoms with Gasteiger partial charge in [-0.3, -0.25) is 9.59 Å². The third-order valence-electron chi connectivity index (χ3n) is 2.98. The van der Waals surface area contributed by atoms with Crippen LogP contribution in [0.5, 0.6) is 0 Å². The standard InChI is InChI=1S/C12H23N3O2.ClH/c13-8-4-2-1-3-7-11(16)15-10-6-5-9-14-12(10)17;/h10H,1-9,13H2,(H,14,17)(H,15,16);1H. The number of carbonyl (C=O) groups is 2. The van der Waals surface area contributed by atoms with Crippen LogP contribution in [0.1, 0.15) is 44.9 Å². The van der Waals surface area contributed by atoms with Gasteiger partial charge >= 0.3 is 0 Å². The summed E-state index contributed by atoms with van der Waals surface area (Å²) in [6, 6.07) is -0.319. The second-order valence-electron chi connectivity index (χ2n) is 4.51. The van der Waals surface area contributed by atoms with Gasteiger partial charge in [0, 0.05) is 13.0 Å². The first-order valence-electron chi connectivity index (χ1n) is 6.51. The normalized spacial score (nSPS) is 18.7. The molecule has 2 amide bonds. The van der Waals surface area contributed by atoms with Crippen molar-refractivity contribution in [1.82, 2.24) is 10.6 Å². The molecule has 1 aliphatic heterocycles. The zero-order valence-electron chi connectivity index (χ0n) is 10.7. The van der Waals surface area contributed by atoms with E-state index in [2.05, 4.69) is 10.6 Å². The average molecular weight is 278 g/mol. The van der Waals surface area contributed by atoms with Gasteiger partial charge in [-0.1, -0.05) is 12.8 Å².